The van der Waals surface area contributed by atoms with E-state index in [1.807, 2.05) is 12.1 Å². The summed E-state index contributed by atoms with van der Waals surface area (Å²) in [5.41, 5.74) is 2.26. The van der Waals surface area contributed by atoms with Crippen LogP contribution < -0.4 is 9.47 Å². The number of hydrogen-bond donors (Lipinski definition) is 0. The van der Waals surface area contributed by atoms with E-state index in [1.54, 1.807) is 39.5 Å². The van der Waals surface area contributed by atoms with Crippen LogP contribution in [0.5, 0.6) is 11.5 Å². The van der Waals surface area contributed by atoms with Gasteiger partial charge in [-0.3, -0.25) is 9.59 Å². The molecule has 7 nitrogen and oxygen atoms in total. The van der Waals surface area contributed by atoms with Crippen LogP contribution in [0.1, 0.15) is 49.3 Å². The summed E-state index contributed by atoms with van der Waals surface area (Å²) < 4.78 is 24.2. The second-order valence-corrected chi connectivity index (χ2v) is 8.80. The van der Waals surface area contributed by atoms with Gasteiger partial charge in [-0.1, -0.05) is 31.0 Å². The quantitative estimate of drug-likeness (QED) is 0.613. The Balaban J connectivity index is 1.61. The Hall–Kier alpha value is -3.42. The van der Waals surface area contributed by atoms with Crippen molar-refractivity contribution in [3.8, 4) is 11.5 Å². The molecule has 1 unspecified atom stereocenters. The van der Waals surface area contributed by atoms with Crippen molar-refractivity contribution in [2.24, 2.45) is 11.0 Å². The van der Waals surface area contributed by atoms with Crippen molar-refractivity contribution in [2.75, 3.05) is 27.8 Å². The first kappa shape index (κ1) is 23.7. The van der Waals surface area contributed by atoms with Crippen LogP contribution in [0.2, 0.25) is 0 Å². The summed E-state index contributed by atoms with van der Waals surface area (Å²) in [5, 5.41) is 6.06. The molecule has 0 saturated heterocycles. The molecule has 0 radical (unpaired) electrons. The van der Waals surface area contributed by atoms with Gasteiger partial charge in [-0.05, 0) is 48.2 Å². The molecule has 34 heavy (non-hydrogen) atoms. The van der Waals surface area contributed by atoms with Crippen molar-refractivity contribution in [3.63, 3.8) is 0 Å². The van der Waals surface area contributed by atoms with Gasteiger partial charge in [0.25, 0.3) is 5.91 Å². The van der Waals surface area contributed by atoms with Crippen LogP contribution in [-0.2, 0) is 9.59 Å². The molecular weight excluding hydrogens is 437 g/mol. The SMILES string of the molecule is COc1ccc(C2CC(c3ccc(F)cc3)=NN2C(=O)CN(C)C(=O)C2CCCC2)cc1OC. The lowest BCUT2D eigenvalue weighted by atomic mass is 9.98. The van der Waals surface area contributed by atoms with E-state index in [4.69, 9.17) is 9.47 Å². The number of hydrogen-bond acceptors (Lipinski definition) is 5. The zero-order valence-electron chi connectivity index (χ0n) is 19.8. The Kier molecular flexibility index (Phi) is 7.14. The Morgan fingerprint density at radius 2 is 1.74 bits per heavy atom. The minimum atomic E-state index is -0.387. The summed E-state index contributed by atoms with van der Waals surface area (Å²) in [6.45, 7) is -0.0562. The van der Waals surface area contributed by atoms with E-state index in [0.29, 0.717) is 23.6 Å². The predicted octanol–water partition coefficient (Wildman–Crippen LogP) is 4.17. The zero-order chi connectivity index (χ0) is 24.2. The minimum absolute atomic E-state index is 0.00342. The maximum atomic E-state index is 13.5. The standard InChI is InChI=1S/C26H30FN3O4/c1-29(26(32)18-6-4-5-7-18)16-25(31)30-22(19-10-13-23(33-2)24(14-19)34-3)15-21(28-30)17-8-11-20(27)12-9-17/h8-14,18,22H,4-7,15-16H2,1-3H3. The Bertz CT molecular complexity index is 1080. The number of amides is 2. The van der Waals surface area contributed by atoms with Crippen molar-refractivity contribution in [3.05, 3.63) is 59.4 Å². The Labute approximate surface area is 199 Å². The number of methoxy groups -OCH3 is 2. The second kappa shape index (κ2) is 10.2. The van der Waals surface area contributed by atoms with Gasteiger partial charge in [0.1, 0.15) is 12.4 Å². The number of benzene rings is 2. The first-order chi connectivity index (χ1) is 16.4. The van der Waals surface area contributed by atoms with Gasteiger partial charge in [-0.15, -0.1) is 0 Å². The lowest BCUT2D eigenvalue weighted by Gasteiger charge is -2.26. The van der Waals surface area contributed by atoms with Crippen LogP contribution in [0.4, 0.5) is 4.39 Å². The van der Waals surface area contributed by atoms with Crippen LogP contribution >= 0.6 is 0 Å². The highest BCUT2D eigenvalue weighted by atomic mass is 19.1. The second-order valence-electron chi connectivity index (χ2n) is 8.80. The third kappa shape index (κ3) is 4.90. The molecule has 2 aromatic carbocycles. The maximum absolute atomic E-state index is 13.5. The average Bonchev–Trinajstić information content (AvgIpc) is 3.54. The summed E-state index contributed by atoms with van der Waals surface area (Å²) in [4.78, 5) is 27.7. The molecule has 1 fully saturated rings. The molecule has 1 aliphatic heterocycles. The number of nitrogens with zero attached hydrogens (tertiary/aromatic N) is 3. The smallest absolute Gasteiger partial charge is 0.262 e. The molecule has 180 valence electrons. The number of carbonyl (C=O) groups is 2. The Morgan fingerprint density at radius 1 is 1.06 bits per heavy atom. The number of halogens is 1. The van der Waals surface area contributed by atoms with E-state index < -0.39 is 0 Å². The summed E-state index contributed by atoms with van der Waals surface area (Å²) >= 11 is 0. The topological polar surface area (TPSA) is 71.4 Å². The molecule has 0 spiro atoms. The van der Waals surface area contributed by atoms with Gasteiger partial charge in [0.2, 0.25) is 5.91 Å². The van der Waals surface area contributed by atoms with Gasteiger partial charge >= 0.3 is 0 Å². The monoisotopic (exact) mass is 467 g/mol. The first-order valence-corrected chi connectivity index (χ1v) is 11.5. The molecule has 2 aliphatic rings. The third-order valence-corrected chi connectivity index (χ3v) is 6.59. The maximum Gasteiger partial charge on any atom is 0.262 e. The fourth-order valence-electron chi connectivity index (χ4n) is 4.71. The van der Waals surface area contributed by atoms with Crippen molar-refractivity contribution in [2.45, 2.75) is 38.1 Å². The van der Waals surface area contributed by atoms with Crippen molar-refractivity contribution < 1.29 is 23.5 Å². The van der Waals surface area contributed by atoms with E-state index in [2.05, 4.69) is 5.10 Å². The van der Waals surface area contributed by atoms with Gasteiger partial charge in [0.15, 0.2) is 11.5 Å². The molecule has 8 heteroatoms. The Morgan fingerprint density at radius 3 is 2.38 bits per heavy atom. The highest BCUT2D eigenvalue weighted by Gasteiger charge is 2.35. The molecular formula is C26H30FN3O4. The molecule has 0 bridgehead atoms. The average molecular weight is 468 g/mol. The lowest BCUT2D eigenvalue weighted by Crippen LogP contribution is -2.41. The summed E-state index contributed by atoms with van der Waals surface area (Å²) in [5.74, 6) is 0.538. The summed E-state index contributed by atoms with van der Waals surface area (Å²) in [6.07, 6.45) is 4.31. The fourth-order valence-corrected chi connectivity index (χ4v) is 4.71. The van der Waals surface area contributed by atoms with Gasteiger partial charge in [0, 0.05) is 19.4 Å². The summed E-state index contributed by atoms with van der Waals surface area (Å²) in [6, 6.07) is 11.2. The molecule has 1 heterocycles. The number of likely N-dealkylation sites (N-methyl/N-ethyl adjacent to an activating group) is 1. The van der Waals surface area contributed by atoms with Crippen LogP contribution in [0.3, 0.4) is 0 Å². The number of rotatable bonds is 7. The summed E-state index contributed by atoms with van der Waals surface area (Å²) in [7, 11) is 4.80. The van der Waals surface area contributed by atoms with Gasteiger partial charge in [0.05, 0.1) is 26.0 Å². The van der Waals surface area contributed by atoms with Crippen LogP contribution in [0.15, 0.2) is 47.6 Å². The lowest BCUT2D eigenvalue weighted by molar-refractivity contribution is -0.142. The number of hydrazone groups is 1. The van der Waals surface area contributed by atoms with Gasteiger partial charge in [-0.25, -0.2) is 9.40 Å². The molecule has 2 aromatic rings. The van der Waals surface area contributed by atoms with Crippen molar-refractivity contribution in [1.29, 1.82) is 0 Å². The largest absolute Gasteiger partial charge is 0.493 e. The fraction of sp³-hybridized carbons (Fsp3) is 0.423. The van der Waals surface area contributed by atoms with E-state index in [0.717, 1.165) is 36.8 Å². The molecule has 1 saturated carbocycles. The van der Waals surface area contributed by atoms with Crippen LogP contribution in [-0.4, -0.2) is 55.2 Å². The van der Waals surface area contributed by atoms with Crippen LogP contribution in [0.25, 0.3) is 0 Å². The molecule has 0 N–H and O–H groups in total. The minimum Gasteiger partial charge on any atom is -0.493 e. The number of ether oxygens (including phenoxy) is 2. The molecule has 1 atom stereocenters. The van der Waals surface area contributed by atoms with Crippen molar-refractivity contribution >= 4 is 17.5 Å². The third-order valence-electron chi connectivity index (χ3n) is 6.59. The van der Waals surface area contributed by atoms with Crippen molar-refractivity contribution in [1.82, 2.24) is 9.91 Å². The van der Waals surface area contributed by atoms with E-state index in [9.17, 15) is 14.0 Å². The molecule has 0 aromatic heterocycles. The first-order valence-electron chi connectivity index (χ1n) is 11.5. The normalized spacial score (nSPS) is 18.1. The highest BCUT2D eigenvalue weighted by molar-refractivity contribution is 6.03. The molecule has 1 aliphatic carbocycles. The molecule has 2 amide bonds. The predicted molar refractivity (Wildman–Crippen MR) is 126 cm³/mol. The van der Waals surface area contributed by atoms with Gasteiger partial charge in [-0.2, -0.15) is 5.10 Å². The van der Waals surface area contributed by atoms with E-state index in [-0.39, 0.29) is 36.1 Å². The van der Waals surface area contributed by atoms with E-state index >= 15 is 0 Å². The molecule has 4 rings (SSSR count). The highest BCUT2D eigenvalue weighted by Crippen LogP contribution is 2.37. The zero-order valence-corrected chi connectivity index (χ0v) is 19.8. The number of carbonyl (C=O) groups excluding carboxylic acids is 2. The van der Waals surface area contributed by atoms with E-state index in [1.165, 1.54) is 22.0 Å². The van der Waals surface area contributed by atoms with Gasteiger partial charge < -0.3 is 14.4 Å². The van der Waals surface area contributed by atoms with Crippen LogP contribution in [0, 0.1) is 11.7 Å².